The van der Waals surface area contributed by atoms with Gasteiger partial charge in [-0.1, -0.05) is 37.6 Å². The van der Waals surface area contributed by atoms with Crippen molar-refractivity contribution in [1.82, 2.24) is 5.32 Å². The molecule has 33 heavy (non-hydrogen) atoms. The molecule has 7 nitrogen and oxygen atoms in total. The van der Waals surface area contributed by atoms with Crippen LogP contribution in [-0.2, 0) is 20.7 Å². The van der Waals surface area contributed by atoms with Gasteiger partial charge in [0, 0.05) is 19.6 Å². The zero-order valence-corrected chi connectivity index (χ0v) is 19.0. The summed E-state index contributed by atoms with van der Waals surface area (Å²) in [4.78, 5) is 23.0. The van der Waals surface area contributed by atoms with Gasteiger partial charge in [-0.25, -0.2) is 9.59 Å². The molecule has 2 aromatic rings. The number of rotatable bonds is 10. The summed E-state index contributed by atoms with van der Waals surface area (Å²) in [7, 11) is 0. The Labute approximate surface area is 194 Å². The van der Waals surface area contributed by atoms with Crippen molar-refractivity contribution in [3.05, 3.63) is 59.2 Å². The van der Waals surface area contributed by atoms with Crippen LogP contribution >= 0.6 is 0 Å². The van der Waals surface area contributed by atoms with Gasteiger partial charge in [0.15, 0.2) is 6.04 Å². The van der Waals surface area contributed by atoms with Crippen LogP contribution in [0.3, 0.4) is 0 Å². The van der Waals surface area contributed by atoms with Gasteiger partial charge in [-0.05, 0) is 60.1 Å². The molecule has 0 radical (unpaired) electrons. The van der Waals surface area contributed by atoms with Crippen molar-refractivity contribution >= 4 is 12.1 Å². The maximum absolute atomic E-state index is 11.7. The summed E-state index contributed by atoms with van der Waals surface area (Å²) >= 11 is 0. The third-order valence-electron chi connectivity index (χ3n) is 5.99. The molecule has 1 unspecified atom stereocenters. The number of hydrogen-bond donors (Lipinski definition) is 1. The van der Waals surface area contributed by atoms with Crippen molar-refractivity contribution in [2.24, 2.45) is 0 Å². The Hall–Kier alpha value is -3.06. The first-order valence-corrected chi connectivity index (χ1v) is 11.7. The topological polar surface area (TPSA) is 83.1 Å². The van der Waals surface area contributed by atoms with Crippen LogP contribution in [0.5, 0.6) is 11.5 Å². The number of ether oxygens (including phenoxy) is 4. The first-order valence-electron chi connectivity index (χ1n) is 11.7. The van der Waals surface area contributed by atoms with Crippen molar-refractivity contribution in [1.29, 1.82) is 0 Å². The highest BCUT2D eigenvalue weighted by Gasteiger charge is 2.33. The summed E-state index contributed by atoms with van der Waals surface area (Å²) in [5, 5.41) is 2.49. The molecule has 2 aromatic carbocycles. The average Bonchev–Trinajstić information content (AvgIpc) is 3.18. The van der Waals surface area contributed by atoms with E-state index in [2.05, 4.69) is 35.2 Å². The summed E-state index contributed by atoms with van der Waals surface area (Å²) in [5.74, 6) is 1.56. The molecule has 1 N–H and O–H groups in total. The van der Waals surface area contributed by atoms with Gasteiger partial charge >= 0.3 is 12.1 Å². The van der Waals surface area contributed by atoms with Gasteiger partial charge in [-0.3, -0.25) is 0 Å². The molecule has 1 amide bonds. The maximum atomic E-state index is 11.7. The summed E-state index contributed by atoms with van der Waals surface area (Å²) in [6, 6.07) is 12.9. The van der Waals surface area contributed by atoms with Crippen molar-refractivity contribution in [3.8, 4) is 11.5 Å². The Morgan fingerprint density at radius 1 is 1.00 bits per heavy atom. The second kappa shape index (κ2) is 11.2. The molecule has 176 valence electrons. The molecule has 2 aliphatic rings. The molecule has 0 aliphatic carbocycles. The van der Waals surface area contributed by atoms with Crippen LogP contribution < -0.4 is 14.8 Å². The van der Waals surface area contributed by atoms with Gasteiger partial charge in [0.05, 0.1) is 13.2 Å². The normalized spacial score (nSPS) is 18.6. The highest BCUT2D eigenvalue weighted by Crippen LogP contribution is 2.31. The molecule has 0 spiro atoms. The van der Waals surface area contributed by atoms with E-state index in [1.807, 2.05) is 6.07 Å². The zero-order chi connectivity index (χ0) is 23.0. The Kier molecular flexibility index (Phi) is 7.83. The molecule has 0 aromatic heterocycles. The summed E-state index contributed by atoms with van der Waals surface area (Å²) < 4.78 is 22.0. The number of alkyl carbamates (subject to hydrolysis) is 1. The molecule has 2 heterocycles. The fourth-order valence-electron chi connectivity index (χ4n) is 4.28. The number of carbonyl (C=O) groups excluding carboxylic acids is 2. The van der Waals surface area contributed by atoms with E-state index >= 15 is 0 Å². The quantitative estimate of drug-likeness (QED) is 0.319. The number of amides is 1. The number of carbonyl (C=O) groups is 2. The van der Waals surface area contributed by atoms with Crippen LogP contribution in [0.15, 0.2) is 42.5 Å². The lowest BCUT2D eigenvalue weighted by molar-refractivity contribution is -0.135. The van der Waals surface area contributed by atoms with Crippen LogP contribution in [0.1, 0.15) is 61.3 Å². The van der Waals surface area contributed by atoms with Gasteiger partial charge < -0.3 is 24.3 Å². The average molecular weight is 454 g/mol. The Morgan fingerprint density at radius 2 is 1.82 bits per heavy atom. The van der Waals surface area contributed by atoms with Gasteiger partial charge in [-0.15, -0.1) is 0 Å². The highest BCUT2D eigenvalue weighted by atomic mass is 16.6. The molecular formula is C26H31NO6. The van der Waals surface area contributed by atoms with E-state index in [-0.39, 0.29) is 0 Å². The maximum Gasteiger partial charge on any atom is 0.415 e. The van der Waals surface area contributed by atoms with Gasteiger partial charge in [0.25, 0.3) is 0 Å². The third-order valence-corrected chi connectivity index (χ3v) is 5.99. The third kappa shape index (κ3) is 6.05. The lowest BCUT2D eigenvalue weighted by atomic mass is 9.90. The molecule has 1 atom stereocenters. The molecule has 2 aliphatic heterocycles. The van der Waals surface area contributed by atoms with Gasteiger partial charge in [0.1, 0.15) is 11.5 Å². The van der Waals surface area contributed by atoms with Crippen molar-refractivity contribution < 1.29 is 28.5 Å². The highest BCUT2D eigenvalue weighted by molar-refractivity contribution is 5.96. The second-order valence-electron chi connectivity index (χ2n) is 8.41. The Balaban J connectivity index is 1.27. The van der Waals surface area contributed by atoms with Crippen molar-refractivity contribution in [2.75, 3.05) is 26.4 Å². The summed E-state index contributed by atoms with van der Waals surface area (Å²) in [6.45, 7) is 4.90. The van der Waals surface area contributed by atoms with Crippen LogP contribution in [0, 0.1) is 0 Å². The van der Waals surface area contributed by atoms with E-state index in [1.165, 1.54) is 11.1 Å². The number of benzene rings is 2. The van der Waals surface area contributed by atoms with Crippen LogP contribution in [0.25, 0.3) is 0 Å². The van der Waals surface area contributed by atoms with E-state index in [0.29, 0.717) is 30.4 Å². The van der Waals surface area contributed by atoms with Gasteiger partial charge in [-0.2, -0.15) is 0 Å². The summed E-state index contributed by atoms with van der Waals surface area (Å²) in [5.41, 5.74) is 3.29. The number of nitrogens with one attached hydrogen (secondary N) is 1. The fourth-order valence-corrected chi connectivity index (χ4v) is 4.28. The number of aryl methyl sites for hydroxylation is 1. The van der Waals surface area contributed by atoms with Gasteiger partial charge in [0.2, 0.25) is 0 Å². The smallest absolute Gasteiger partial charge is 0.415 e. The van der Waals surface area contributed by atoms with E-state index < -0.39 is 18.1 Å². The minimum atomic E-state index is -0.787. The molecular weight excluding hydrogens is 422 g/mol. The number of hydrogen-bond acceptors (Lipinski definition) is 6. The minimum absolute atomic E-state index is 0.480. The zero-order valence-electron chi connectivity index (χ0n) is 19.0. The van der Waals surface area contributed by atoms with E-state index in [9.17, 15) is 9.59 Å². The lowest BCUT2D eigenvalue weighted by Crippen LogP contribution is -2.19. The predicted octanol–water partition coefficient (Wildman–Crippen LogP) is 4.69. The van der Waals surface area contributed by atoms with Crippen LogP contribution in [0.4, 0.5) is 4.79 Å². The van der Waals surface area contributed by atoms with Crippen LogP contribution in [0.2, 0.25) is 0 Å². The molecule has 0 saturated carbocycles. The molecule has 7 heteroatoms. The largest absolute Gasteiger partial charge is 0.493 e. The Morgan fingerprint density at radius 3 is 2.58 bits per heavy atom. The number of esters is 1. The molecule has 0 bridgehead atoms. The number of cyclic esters (lactones) is 2. The fraction of sp³-hybridized carbons (Fsp3) is 0.462. The predicted molar refractivity (Wildman–Crippen MR) is 123 cm³/mol. The van der Waals surface area contributed by atoms with E-state index in [0.717, 1.165) is 51.1 Å². The molecule has 2 saturated heterocycles. The monoisotopic (exact) mass is 453 g/mol. The standard InChI is InChI=1S/C26H31NO6/c1-2-5-20-16-19(18-10-14-30-15-11-18)8-9-23(20)32-13-4-12-31-22-7-3-6-21(17-22)24-25(28)33-26(29)27-24/h3,6-9,16-18,24H,2,4-5,10-15H2,1H3,(H,27,29). The molecule has 2 fully saturated rings. The van der Waals surface area contributed by atoms with E-state index in [1.54, 1.807) is 18.2 Å². The second-order valence-corrected chi connectivity index (χ2v) is 8.41. The van der Waals surface area contributed by atoms with Crippen LogP contribution in [-0.4, -0.2) is 38.5 Å². The van der Waals surface area contributed by atoms with Crippen molar-refractivity contribution in [3.63, 3.8) is 0 Å². The minimum Gasteiger partial charge on any atom is -0.493 e. The van der Waals surface area contributed by atoms with E-state index in [4.69, 9.17) is 14.2 Å². The summed E-state index contributed by atoms with van der Waals surface area (Å²) in [6.07, 6.45) is 4.23. The molecule has 4 rings (SSSR count). The SMILES string of the molecule is CCCc1cc(C2CCOCC2)ccc1OCCCOc1cccc(C2NC(=O)OC2=O)c1. The first kappa shape index (κ1) is 23.1. The van der Waals surface area contributed by atoms with Crippen molar-refractivity contribution in [2.45, 2.75) is 51.0 Å². The first-order chi connectivity index (χ1) is 16.1. The lowest BCUT2D eigenvalue weighted by Gasteiger charge is -2.23. The Bertz CT molecular complexity index is 969.